The summed E-state index contributed by atoms with van der Waals surface area (Å²) in [4.78, 5) is 11.6. The van der Waals surface area contributed by atoms with E-state index in [1.54, 1.807) is 6.92 Å². The minimum absolute atomic E-state index is 0.0254. The molecule has 6 heteroatoms. The maximum absolute atomic E-state index is 11.6. The lowest BCUT2D eigenvalue weighted by atomic mass is 10.0. The van der Waals surface area contributed by atoms with Crippen molar-refractivity contribution in [3.05, 3.63) is 0 Å². The van der Waals surface area contributed by atoms with Crippen LogP contribution in [0.1, 0.15) is 34.1 Å². The molecule has 0 aromatic carbocycles. The first-order valence-corrected chi connectivity index (χ1v) is 7.14. The first-order valence-electron chi connectivity index (χ1n) is 5.32. The Morgan fingerprint density at radius 3 is 2.25 bits per heavy atom. The fourth-order valence-electron chi connectivity index (χ4n) is 1.75. The Balaban J connectivity index is 2.59. The quantitative estimate of drug-likeness (QED) is 0.716. The van der Waals surface area contributed by atoms with Crippen LogP contribution in [0.4, 0.5) is 4.79 Å². The van der Waals surface area contributed by atoms with Crippen LogP contribution in [0.2, 0.25) is 0 Å². The molecule has 0 spiro atoms. The van der Waals surface area contributed by atoms with Crippen LogP contribution in [0.3, 0.4) is 0 Å². The fourth-order valence-corrected chi connectivity index (χ4v) is 3.85. The van der Waals surface area contributed by atoms with Crippen molar-refractivity contribution in [1.82, 2.24) is 10.6 Å². The molecule has 1 aliphatic heterocycles. The van der Waals surface area contributed by atoms with Gasteiger partial charge in [0, 0.05) is 5.54 Å². The van der Waals surface area contributed by atoms with Crippen molar-refractivity contribution in [2.24, 2.45) is 0 Å². The Hall–Kier alpha value is -0.780. The van der Waals surface area contributed by atoms with Gasteiger partial charge in [0.25, 0.3) is 0 Å². The Kier molecular flexibility index (Phi) is 3.24. The molecule has 0 radical (unpaired) electrons. The Morgan fingerprint density at radius 1 is 1.31 bits per heavy atom. The van der Waals surface area contributed by atoms with Gasteiger partial charge in [0.1, 0.15) is 0 Å². The van der Waals surface area contributed by atoms with Gasteiger partial charge in [0.2, 0.25) is 0 Å². The molecule has 94 valence electrons. The summed E-state index contributed by atoms with van der Waals surface area (Å²) in [5.41, 5.74) is -0.952. The SMILES string of the molecule is CC(C)(C)NC(=O)NC1(C)CCS(=O)(=O)C1. The highest BCUT2D eigenvalue weighted by atomic mass is 32.2. The molecule has 0 bridgehead atoms. The zero-order valence-electron chi connectivity index (χ0n) is 10.3. The molecule has 1 aliphatic rings. The molecule has 1 fully saturated rings. The second-order valence-electron chi connectivity index (χ2n) is 5.73. The van der Waals surface area contributed by atoms with Crippen molar-refractivity contribution in [3.63, 3.8) is 0 Å². The third-order valence-corrected chi connectivity index (χ3v) is 4.31. The smallest absolute Gasteiger partial charge is 0.315 e. The van der Waals surface area contributed by atoms with Crippen LogP contribution in [-0.4, -0.2) is 37.0 Å². The standard InChI is InChI=1S/C10H20N2O3S/c1-9(2,3)11-8(13)12-10(4)5-6-16(14,15)7-10/h5-7H2,1-4H3,(H2,11,12,13). The van der Waals surface area contributed by atoms with Gasteiger partial charge in [-0.1, -0.05) is 0 Å². The summed E-state index contributed by atoms with van der Waals surface area (Å²) >= 11 is 0. The number of hydrogen-bond donors (Lipinski definition) is 2. The first kappa shape index (κ1) is 13.3. The molecule has 2 N–H and O–H groups in total. The number of urea groups is 1. The number of amides is 2. The van der Waals surface area contributed by atoms with E-state index in [4.69, 9.17) is 0 Å². The van der Waals surface area contributed by atoms with Crippen LogP contribution in [-0.2, 0) is 9.84 Å². The van der Waals surface area contributed by atoms with E-state index in [1.807, 2.05) is 20.8 Å². The second kappa shape index (κ2) is 3.91. The molecule has 16 heavy (non-hydrogen) atoms. The van der Waals surface area contributed by atoms with E-state index in [1.165, 1.54) is 0 Å². The minimum atomic E-state index is -2.99. The van der Waals surface area contributed by atoms with E-state index in [-0.39, 0.29) is 23.1 Å². The number of carbonyl (C=O) groups is 1. The summed E-state index contributed by atoms with van der Waals surface area (Å²) in [6.07, 6.45) is 0.479. The van der Waals surface area contributed by atoms with E-state index in [9.17, 15) is 13.2 Å². The summed E-state index contributed by atoms with van der Waals surface area (Å²) in [6, 6.07) is -0.313. The van der Waals surface area contributed by atoms with Crippen molar-refractivity contribution in [2.45, 2.75) is 45.2 Å². The van der Waals surface area contributed by atoms with Crippen molar-refractivity contribution in [1.29, 1.82) is 0 Å². The first-order chi connectivity index (χ1) is 7.02. The molecule has 0 aromatic rings. The maximum Gasteiger partial charge on any atom is 0.315 e. The number of carbonyl (C=O) groups excluding carboxylic acids is 1. The van der Waals surface area contributed by atoms with Crippen molar-refractivity contribution in [3.8, 4) is 0 Å². The maximum atomic E-state index is 11.6. The lowest BCUT2D eigenvalue weighted by Crippen LogP contribution is -2.55. The predicted molar refractivity (Wildman–Crippen MR) is 63.1 cm³/mol. The summed E-state index contributed by atoms with van der Waals surface area (Å²) in [7, 11) is -2.99. The minimum Gasteiger partial charge on any atom is -0.334 e. The van der Waals surface area contributed by atoms with E-state index in [0.29, 0.717) is 6.42 Å². The Morgan fingerprint density at radius 2 is 1.88 bits per heavy atom. The molecular weight excluding hydrogens is 228 g/mol. The molecule has 1 saturated heterocycles. The molecular formula is C10H20N2O3S. The fraction of sp³-hybridized carbons (Fsp3) is 0.900. The number of nitrogens with one attached hydrogen (secondary N) is 2. The van der Waals surface area contributed by atoms with Crippen LogP contribution in [0.15, 0.2) is 0 Å². The lowest BCUT2D eigenvalue weighted by Gasteiger charge is -2.27. The molecule has 0 aromatic heterocycles. The zero-order chi connectivity index (χ0) is 12.6. The summed E-state index contributed by atoms with van der Waals surface area (Å²) < 4.78 is 22.7. The number of hydrogen-bond acceptors (Lipinski definition) is 3. The van der Waals surface area contributed by atoms with Gasteiger partial charge < -0.3 is 10.6 Å². The van der Waals surface area contributed by atoms with Crippen LogP contribution < -0.4 is 10.6 Å². The second-order valence-corrected chi connectivity index (χ2v) is 7.92. The normalized spacial score (nSPS) is 28.8. The molecule has 5 nitrogen and oxygen atoms in total. The molecule has 1 rings (SSSR count). The highest BCUT2D eigenvalue weighted by molar-refractivity contribution is 7.91. The topological polar surface area (TPSA) is 75.3 Å². The number of sulfone groups is 1. The van der Waals surface area contributed by atoms with Gasteiger partial charge in [0.15, 0.2) is 9.84 Å². The number of rotatable bonds is 1. The largest absolute Gasteiger partial charge is 0.334 e. The van der Waals surface area contributed by atoms with Gasteiger partial charge in [-0.05, 0) is 34.1 Å². The van der Waals surface area contributed by atoms with Gasteiger partial charge in [-0.25, -0.2) is 13.2 Å². The van der Waals surface area contributed by atoms with Crippen molar-refractivity contribution < 1.29 is 13.2 Å². The molecule has 0 aliphatic carbocycles. The van der Waals surface area contributed by atoms with E-state index < -0.39 is 15.4 Å². The van der Waals surface area contributed by atoms with Crippen LogP contribution in [0.25, 0.3) is 0 Å². The van der Waals surface area contributed by atoms with Gasteiger partial charge in [0.05, 0.1) is 17.0 Å². The lowest BCUT2D eigenvalue weighted by molar-refractivity contribution is 0.221. The van der Waals surface area contributed by atoms with Gasteiger partial charge in [-0.2, -0.15) is 0 Å². The van der Waals surface area contributed by atoms with Crippen LogP contribution in [0.5, 0.6) is 0 Å². The average molecular weight is 248 g/mol. The van der Waals surface area contributed by atoms with Crippen LogP contribution >= 0.6 is 0 Å². The highest BCUT2D eigenvalue weighted by Crippen LogP contribution is 2.22. The predicted octanol–water partition coefficient (Wildman–Crippen LogP) is 0.661. The third kappa shape index (κ3) is 4.00. The Bertz CT molecular complexity index is 383. The van der Waals surface area contributed by atoms with E-state index >= 15 is 0 Å². The molecule has 2 amide bonds. The van der Waals surface area contributed by atoms with Gasteiger partial charge >= 0.3 is 6.03 Å². The van der Waals surface area contributed by atoms with Gasteiger partial charge in [-0.3, -0.25) is 0 Å². The summed E-state index contributed by atoms with van der Waals surface area (Å²) in [5.74, 6) is 0.177. The molecule has 1 heterocycles. The van der Waals surface area contributed by atoms with Crippen LogP contribution in [0, 0.1) is 0 Å². The monoisotopic (exact) mass is 248 g/mol. The zero-order valence-corrected chi connectivity index (χ0v) is 11.1. The molecule has 1 atom stereocenters. The van der Waals surface area contributed by atoms with E-state index in [2.05, 4.69) is 10.6 Å². The third-order valence-electron chi connectivity index (χ3n) is 2.41. The summed E-state index contributed by atoms with van der Waals surface area (Å²) in [6.45, 7) is 7.39. The summed E-state index contributed by atoms with van der Waals surface area (Å²) in [5, 5.41) is 5.49. The Labute approximate surface area is 96.9 Å². The van der Waals surface area contributed by atoms with Crippen molar-refractivity contribution in [2.75, 3.05) is 11.5 Å². The highest BCUT2D eigenvalue weighted by Gasteiger charge is 2.39. The van der Waals surface area contributed by atoms with Crippen molar-refractivity contribution >= 4 is 15.9 Å². The van der Waals surface area contributed by atoms with E-state index in [0.717, 1.165) is 0 Å². The molecule has 0 saturated carbocycles. The van der Waals surface area contributed by atoms with Gasteiger partial charge in [-0.15, -0.1) is 0 Å². The average Bonchev–Trinajstić information content (AvgIpc) is 2.19. The molecule has 1 unspecified atom stereocenters.